The maximum Gasteiger partial charge on any atom is 0.171 e. The van der Waals surface area contributed by atoms with Gasteiger partial charge in [-0.1, -0.05) is 66.7 Å². The molecule has 0 N–H and O–H groups in total. The van der Waals surface area contributed by atoms with Gasteiger partial charge in [0.25, 0.3) is 0 Å². The molecule has 0 aliphatic carbocycles. The van der Waals surface area contributed by atoms with Gasteiger partial charge in [-0.15, -0.1) is 0 Å². The van der Waals surface area contributed by atoms with Gasteiger partial charge in [0, 0.05) is 56.0 Å². The first-order valence-corrected chi connectivity index (χ1v) is 14.5. The zero-order chi connectivity index (χ0) is 26.0. The van der Waals surface area contributed by atoms with Crippen LogP contribution in [0.15, 0.2) is 128 Å². The molecular formula is C33H21N4OP. The van der Waals surface area contributed by atoms with Crippen molar-refractivity contribution in [1.82, 2.24) is 19.4 Å². The summed E-state index contributed by atoms with van der Waals surface area (Å²) in [5.74, 6) is 0. The molecule has 0 saturated heterocycles. The third-order valence-electron chi connectivity index (χ3n) is 7.58. The molecule has 0 aliphatic heterocycles. The topological polar surface area (TPSA) is 60.2 Å². The van der Waals surface area contributed by atoms with E-state index in [2.05, 4.69) is 38.6 Å². The second kappa shape index (κ2) is 8.32. The van der Waals surface area contributed by atoms with Crippen LogP contribution in [0.2, 0.25) is 0 Å². The normalized spacial score (nSPS) is 13.4. The number of hydrogen-bond donors (Lipinski definition) is 0. The maximum atomic E-state index is 15.7. The van der Waals surface area contributed by atoms with Gasteiger partial charge < -0.3 is 4.57 Å². The minimum Gasteiger partial charge on any atom is -0.309 e. The molecule has 1 unspecified atom stereocenters. The predicted molar refractivity (Wildman–Crippen MR) is 160 cm³/mol. The Morgan fingerprint density at radius 2 is 1.41 bits per heavy atom. The highest BCUT2D eigenvalue weighted by atomic mass is 31.2. The second-order valence-electron chi connectivity index (χ2n) is 9.67. The van der Waals surface area contributed by atoms with Crippen LogP contribution in [0.3, 0.4) is 0 Å². The highest BCUT2D eigenvalue weighted by Gasteiger charge is 2.33. The SMILES string of the molecule is O=P(c1ccncc1)(c1ccc2cccnc2c1)c1cccc2c1c1ccccc1n1c3ccccc3nc21. The zero-order valence-electron chi connectivity index (χ0n) is 20.8. The summed E-state index contributed by atoms with van der Waals surface area (Å²) in [4.78, 5) is 13.9. The average molecular weight is 521 g/mol. The molecule has 184 valence electrons. The number of pyridine rings is 3. The number of fused-ring (bicyclic) bond motifs is 9. The lowest BCUT2D eigenvalue weighted by molar-refractivity contribution is 0.592. The molecule has 6 heteroatoms. The van der Waals surface area contributed by atoms with Gasteiger partial charge in [0.2, 0.25) is 0 Å². The maximum absolute atomic E-state index is 15.7. The number of rotatable bonds is 3. The van der Waals surface area contributed by atoms with E-state index in [4.69, 9.17) is 4.98 Å². The van der Waals surface area contributed by atoms with E-state index >= 15 is 4.57 Å². The van der Waals surface area contributed by atoms with Crippen LogP contribution in [-0.4, -0.2) is 19.4 Å². The molecule has 0 fully saturated rings. The number of hydrogen-bond acceptors (Lipinski definition) is 4. The zero-order valence-corrected chi connectivity index (χ0v) is 21.7. The van der Waals surface area contributed by atoms with Crippen LogP contribution in [0.1, 0.15) is 0 Å². The molecule has 0 aliphatic rings. The summed E-state index contributed by atoms with van der Waals surface area (Å²) in [5.41, 5.74) is 4.68. The molecule has 0 bridgehead atoms. The van der Waals surface area contributed by atoms with Crippen LogP contribution >= 0.6 is 7.14 Å². The summed E-state index contributed by atoms with van der Waals surface area (Å²) < 4.78 is 18.0. The fourth-order valence-corrected chi connectivity index (χ4v) is 8.68. The average Bonchev–Trinajstić information content (AvgIpc) is 3.41. The Morgan fingerprint density at radius 1 is 0.615 bits per heavy atom. The molecule has 4 aromatic heterocycles. The third-order valence-corrected chi connectivity index (χ3v) is 10.7. The second-order valence-corrected chi connectivity index (χ2v) is 12.4. The van der Waals surface area contributed by atoms with Gasteiger partial charge in [0.05, 0.1) is 22.1 Å². The van der Waals surface area contributed by atoms with Crippen LogP contribution in [0.5, 0.6) is 0 Å². The number of imidazole rings is 1. The fourth-order valence-electron chi connectivity index (χ4n) is 5.83. The van der Waals surface area contributed by atoms with Crippen LogP contribution in [-0.2, 0) is 4.57 Å². The molecule has 0 amide bonds. The number of benzene rings is 4. The quantitative estimate of drug-likeness (QED) is 0.201. The Kier molecular flexibility index (Phi) is 4.73. The summed E-state index contributed by atoms with van der Waals surface area (Å²) in [6.45, 7) is 0. The Hall–Kier alpha value is -4.86. The first-order valence-electron chi connectivity index (χ1n) is 12.8. The monoisotopic (exact) mass is 520 g/mol. The molecule has 0 radical (unpaired) electrons. The van der Waals surface area contributed by atoms with Gasteiger partial charge in [-0.2, -0.15) is 0 Å². The molecule has 8 aromatic rings. The third kappa shape index (κ3) is 3.14. The van der Waals surface area contributed by atoms with Crippen molar-refractivity contribution >= 4 is 72.3 Å². The first kappa shape index (κ1) is 22.2. The van der Waals surface area contributed by atoms with Gasteiger partial charge in [-0.05, 0) is 42.5 Å². The number of aromatic nitrogens is 4. The minimum absolute atomic E-state index is 0.734. The Labute approximate surface area is 223 Å². The molecular weight excluding hydrogens is 499 g/mol. The van der Waals surface area contributed by atoms with E-state index in [1.807, 2.05) is 84.9 Å². The van der Waals surface area contributed by atoms with E-state index < -0.39 is 7.14 Å². The van der Waals surface area contributed by atoms with Crippen molar-refractivity contribution < 1.29 is 4.57 Å². The van der Waals surface area contributed by atoms with E-state index in [1.54, 1.807) is 18.6 Å². The van der Waals surface area contributed by atoms with Crippen molar-refractivity contribution in [2.75, 3.05) is 0 Å². The van der Waals surface area contributed by atoms with E-state index in [9.17, 15) is 0 Å². The van der Waals surface area contributed by atoms with E-state index in [0.29, 0.717) is 0 Å². The van der Waals surface area contributed by atoms with Crippen LogP contribution < -0.4 is 15.9 Å². The lowest BCUT2D eigenvalue weighted by atomic mass is 10.1. The highest BCUT2D eigenvalue weighted by molar-refractivity contribution is 7.85. The van der Waals surface area contributed by atoms with Crippen LogP contribution in [0.25, 0.3) is 49.3 Å². The molecule has 4 heterocycles. The van der Waals surface area contributed by atoms with Crippen molar-refractivity contribution in [3.8, 4) is 0 Å². The molecule has 4 aromatic carbocycles. The molecule has 39 heavy (non-hydrogen) atoms. The van der Waals surface area contributed by atoms with E-state index in [1.165, 1.54) is 0 Å². The highest BCUT2D eigenvalue weighted by Crippen LogP contribution is 2.46. The number of para-hydroxylation sites is 3. The summed E-state index contributed by atoms with van der Waals surface area (Å²) in [6, 6.07) is 36.2. The van der Waals surface area contributed by atoms with Gasteiger partial charge >= 0.3 is 0 Å². The molecule has 1 atom stereocenters. The van der Waals surface area contributed by atoms with Gasteiger partial charge in [0.1, 0.15) is 5.65 Å². The van der Waals surface area contributed by atoms with Crippen molar-refractivity contribution in [2.24, 2.45) is 0 Å². The van der Waals surface area contributed by atoms with Gasteiger partial charge in [-0.3, -0.25) is 14.4 Å². The minimum atomic E-state index is -3.36. The standard InChI is InChI=1S/C33H21N4OP/c38-39(23-16-19-34-20-17-23,24-15-14-22-7-6-18-35-28(22)21-24)31-13-5-9-26-32(31)25-8-1-3-11-29(25)37-30-12-4-2-10-27(30)36-33(26)37/h1-21H. The Bertz CT molecular complexity index is 2270. The summed E-state index contributed by atoms with van der Waals surface area (Å²) in [7, 11) is -3.36. The van der Waals surface area contributed by atoms with Crippen molar-refractivity contribution in [2.45, 2.75) is 0 Å². The molecule has 5 nitrogen and oxygen atoms in total. The van der Waals surface area contributed by atoms with Crippen molar-refractivity contribution in [3.63, 3.8) is 0 Å². The lowest BCUT2D eigenvalue weighted by Crippen LogP contribution is -2.26. The van der Waals surface area contributed by atoms with Crippen molar-refractivity contribution in [3.05, 3.63) is 128 Å². The van der Waals surface area contributed by atoms with E-state index in [0.717, 1.165) is 65.2 Å². The van der Waals surface area contributed by atoms with Crippen LogP contribution in [0.4, 0.5) is 0 Å². The predicted octanol–water partition coefficient (Wildman–Crippen LogP) is 6.38. The van der Waals surface area contributed by atoms with Gasteiger partial charge in [0.15, 0.2) is 7.14 Å². The summed E-state index contributed by atoms with van der Waals surface area (Å²) in [6.07, 6.45) is 5.20. The first-order chi connectivity index (χ1) is 19.2. The van der Waals surface area contributed by atoms with Crippen LogP contribution in [0, 0.1) is 0 Å². The lowest BCUT2D eigenvalue weighted by Gasteiger charge is -2.23. The molecule has 0 saturated carbocycles. The number of nitrogens with zero attached hydrogens (tertiary/aromatic N) is 4. The fraction of sp³-hybridized carbons (Fsp3) is 0. The molecule has 8 rings (SSSR count). The van der Waals surface area contributed by atoms with E-state index in [-0.39, 0.29) is 0 Å². The van der Waals surface area contributed by atoms with Gasteiger partial charge in [-0.25, -0.2) is 4.98 Å². The summed E-state index contributed by atoms with van der Waals surface area (Å²) in [5, 5.41) is 6.23. The smallest absolute Gasteiger partial charge is 0.171 e. The largest absolute Gasteiger partial charge is 0.309 e. The Balaban J connectivity index is 1.57. The summed E-state index contributed by atoms with van der Waals surface area (Å²) >= 11 is 0. The Morgan fingerprint density at radius 3 is 2.31 bits per heavy atom. The van der Waals surface area contributed by atoms with Crippen molar-refractivity contribution in [1.29, 1.82) is 0 Å². The molecule has 0 spiro atoms.